The van der Waals surface area contributed by atoms with Crippen LogP contribution in [0.5, 0.6) is 0 Å². The van der Waals surface area contributed by atoms with E-state index in [0.29, 0.717) is 0 Å². The van der Waals surface area contributed by atoms with E-state index in [9.17, 15) is 0 Å². The lowest BCUT2D eigenvalue weighted by molar-refractivity contribution is 0.587. The molecule has 0 aromatic carbocycles. The van der Waals surface area contributed by atoms with Gasteiger partial charge in [0.05, 0.1) is 0 Å². The summed E-state index contributed by atoms with van der Waals surface area (Å²) in [5, 5.41) is 0. The number of aryl methyl sites for hydroxylation is 2. The molecule has 0 saturated carbocycles. The van der Waals surface area contributed by atoms with Crippen molar-refractivity contribution >= 4 is 0 Å². The highest BCUT2D eigenvalue weighted by atomic mass is 14.9. The third-order valence-corrected chi connectivity index (χ3v) is 2.81. The molecule has 0 aliphatic heterocycles. The van der Waals surface area contributed by atoms with E-state index >= 15 is 0 Å². The Morgan fingerprint density at radius 2 is 1.73 bits per heavy atom. The molecule has 1 N–H and O–H groups in total. The molecule has 0 unspecified atom stereocenters. The lowest BCUT2D eigenvalue weighted by Gasteiger charge is -2.00. The standard InChI is InChI=1S/C13H24N2/c1-3-4-5-6-7-8-9-10-13-11-14-12(2)15-13/h11H,3-10H2,1-2H3,(H,14,15). The van der Waals surface area contributed by atoms with E-state index in [1.165, 1.54) is 50.6 Å². The van der Waals surface area contributed by atoms with Crippen molar-refractivity contribution in [3.8, 4) is 0 Å². The quantitative estimate of drug-likeness (QED) is 0.642. The molecule has 0 fully saturated rings. The number of nitrogens with one attached hydrogen (secondary N) is 1. The Balaban J connectivity index is 1.93. The van der Waals surface area contributed by atoms with E-state index in [4.69, 9.17) is 0 Å². The minimum atomic E-state index is 1.04. The smallest absolute Gasteiger partial charge is 0.103 e. The zero-order valence-electron chi connectivity index (χ0n) is 10.2. The van der Waals surface area contributed by atoms with Crippen molar-refractivity contribution < 1.29 is 0 Å². The Labute approximate surface area is 93.5 Å². The molecule has 0 radical (unpaired) electrons. The maximum atomic E-state index is 4.20. The zero-order chi connectivity index (χ0) is 10.9. The molecule has 15 heavy (non-hydrogen) atoms. The second kappa shape index (κ2) is 7.49. The SMILES string of the molecule is CCCCCCCCCc1cnc(C)[nH]1. The van der Waals surface area contributed by atoms with Crippen LogP contribution in [-0.4, -0.2) is 9.97 Å². The number of aromatic nitrogens is 2. The molecule has 1 aromatic heterocycles. The number of hydrogen-bond acceptors (Lipinski definition) is 1. The fourth-order valence-corrected chi connectivity index (χ4v) is 1.87. The molecular formula is C13H24N2. The van der Waals surface area contributed by atoms with Crippen molar-refractivity contribution in [2.75, 3.05) is 0 Å². The highest BCUT2D eigenvalue weighted by Gasteiger charge is 1.96. The summed E-state index contributed by atoms with van der Waals surface area (Å²) in [6.45, 7) is 4.27. The van der Waals surface area contributed by atoms with Gasteiger partial charge in [0.25, 0.3) is 0 Å². The fraction of sp³-hybridized carbons (Fsp3) is 0.769. The molecule has 1 rings (SSSR count). The zero-order valence-corrected chi connectivity index (χ0v) is 10.2. The van der Waals surface area contributed by atoms with Crippen LogP contribution in [0.4, 0.5) is 0 Å². The van der Waals surface area contributed by atoms with E-state index in [1.54, 1.807) is 0 Å². The fourth-order valence-electron chi connectivity index (χ4n) is 1.87. The largest absolute Gasteiger partial charge is 0.346 e. The van der Waals surface area contributed by atoms with Crippen molar-refractivity contribution in [2.24, 2.45) is 0 Å². The van der Waals surface area contributed by atoms with Gasteiger partial charge in [0.2, 0.25) is 0 Å². The third kappa shape index (κ3) is 5.60. The normalized spacial score (nSPS) is 10.8. The number of imidazole rings is 1. The molecule has 0 aliphatic rings. The van der Waals surface area contributed by atoms with Gasteiger partial charge >= 0.3 is 0 Å². The number of aromatic amines is 1. The first kappa shape index (κ1) is 12.3. The number of hydrogen-bond donors (Lipinski definition) is 1. The van der Waals surface area contributed by atoms with Crippen molar-refractivity contribution in [3.63, 3.8) is 0 Å². The first-order chi connectivity index (χ1) is 7.33. The van der Waals surface area contributed by atoms with Crippen LogP contribution in [0.15, 0.2) is 6.20 Å². The predicted molar refractivity (Wildman–Crippen MR) is 65.0 cm³/mol. The summed E-state index contributed by atoms with van der Waals surface area (Å²) in [6.07, 6.45) is 12.8. The molecule has 2 heteroatoms. The topological polar surface area (TPSA) is 28.7 Å². The Morgan fingerprint density at radius 1 is 1.07 bits per heavy atom. The van der Waals surface area contributed by atoms with Crippen molar-refractivity contribution in [3.05, 3.63) is 17.7 Å². The monoisotopic (exact) mass is 208 g/mol. The van der Waals surface area contributed by atoms with Crippen molar-refractivity contribution in [1.29, 1.82) is 0 Å². The highest BCUT2D eigenvalue weighted by Crippen LogP contribution is 2.09. The minimum absolute atomic E-state index is 1.04. The van der Waals surface area contributed by atoms with Gasteiger partial charge in [-0.05, 0) is 19.8 Å². The first-order valence-corrected chi connectivity index (χ1v) is 6.33. The van der Waals surface area contributed by atoms with Gasteiger partial charge in [-0.1, -0.05) is 45.4 Å². The summed E-state index contributed by atoms with van der Waals surface area (Å²) in [7, 11) is 0. The van der Waals surface area contributed by atoms with Crippen LogP contribution in [0.25, 0.3) is 0 Å². The van der Waals surface area contributed by atoms with Gasteiger partial charge < -0.3 is 4.98 Å². The van der Waals surface area contributed by atoms with Crippen LogP contribution in [0.2, 0.25) is 0 Å². The van der Waals surface area contributed by atoms with Gasteiger partial charge in [-0.25, -0.2) is 4.98 Å². The number of H-pyrrole nitrogens is 1. The Hall–Kier alpha value is -0.790. The van der Waals surface area contributed by atoms with Crippen LogP contribution in [-0.2, 0) is 6.42 Å². The Kier molecular flexibility index (Phi) is 6.14. The van der Waals surface area contributed by atoms with Crippen LogP contribution >= 0.6 is 0 Å². The second-order valence-corrected chi connectivity index (χ2v) is 4.37. The average molecular weight is 208 g/mol. The summed E-state index contributed by atoms with van der Waals surface area (Å²) < 4.78 is 0. The molecule has 0 atom stereocenters. The minimum Gasteiger partial charge on any atom is -0.346 e. The summed E-state index contributed by atoms with van der Waals surface area (Å²) in [5.74, 6) is 1.04. The predicted octanol–water partition coefficient (Wildman–Crippen LogP) is 4.01. The average Bonchev–Trinajstić information content (AvgIpc) is 2.63. The number of unbranched alkanes of at least 4 members (excludes halogenated alkanes) is 6. The molecule has 2 nitrogen and oxygen atoms in total. The van der Waals surface area contributed by atoms with Gasteiger partial charge in [0, 0.05) is 11.9 Å². The van der Waals surface area contributed by atoms with E-state index in [-0.39, 0.29) is 0 Å². The van der Waals surface area contributed by atoms with Crippen LogP contribution in [0.3, 0.4) is 0 Å². The molecule has 1 aromatic rings. The van der Waals surface area contributed by atoms with E-state index in [0.717, 1.165) is 12.2 Å². The Morgan fingerprint density at radius 3 is 2.33 bits per heavy atom. The van der Waals surface area contributed by atoms with Gasteiger partial charge in [0.15, 0.2) is 0 Å². The molecular weight excluding hydrogens is 184 g/mol. The van der Waals surface area contributed by atoms with Crippen LogP contribution in [0.1, 0.15) is 63.4 Å². The van der Waals surface area contributed by atoms with Gasteiger partial charge in [-0.15, -0.1) is 0 Å². The molecule has 1 heterocycles. The van der Waals surface area contributed by atoms with Crippen LogP contribution in [0, 0.1) is 6.92 Å². The van der Waals surface area contributed by atoms with E-state index in [1.807, 2.05) is 13.1 Å². The molecule has 0 amide bonds. The molecule has 0 spiro atoms. The molecule has 0 aliphatic carbocycles. The van der Waals surface area contributed by atoms with E-state index in [2.05, 4.69) is 16.9 Å². The lowest BCUT2D eigenvalue weighted by atomic mass is 10.1. The second-order valence-electron chi connectivity index (χ2n) is 4.37. The Bertz CT molecular complexity index is 253. The molecule has 0 saturated heterocycles. The molecule has 86 valence electrons. The third-order valence-electron chi connectivity index (χ3n) is 2.81. The maximum absolute atomic E-state index is 4.20. The number of rotatable bonds is 8. The van der Waals surface area contributed by atoms with Gasteiger partial charge in [-0.2, -0.15) is 0 Å². The van der Waals surface area contributed by atoms with Gasteiger partial charge in [0.1, 0.15) is 5.82 Å². The maximum Gasteiger partial charge on any atom is 0.103 e. The lowest BCUT2D eigenvalue weighted by Crippen LogP contribution is -1.86. The van der Waals surface area contributed by atoms with E-state index < -0.39 is 0 Å². The van der Waals surface area contributed by atoms with Gasteiger partial charge in [-0.3, -0.25) is 0 Å². The van der Waals surface area contributed by atoms with Crippen molar-refractivity contribution in [2.45, 2.75) is 65.2 Å². The summed E-state index contributed by atoms with van der Waals surface area (Å²) in [5.41, 5.74) is 1.29. The molecule has 0 bridgehead atoms. The summed E-state index contributed by atoms with van der Waals surface area (Å²) in [4.78, 5) is 7.48. The number of nitrogens with zero attached hydrogens (tertiary/aromatic N) is 1. The first-order valence-electron chi connectivity index (χ1n) is 6.33. The summed E-state index contributed by atoms with van der Waals surface area (Å²) in [6, 6.07) is 0. The van der Waals surface area contributed by atoms with Crippen molar-refractivity contribution in [1.82, 2.24) is 9.97 Å². The highest BCUT2D eigenvalue weighted by molar-refractivity contribution is 4.99. The summed E-state index contributed by atoms with van der Waals surface area (Å²) >= 11 is 0. The van der Waals surface area contributed by atoms with Crippen LogP contribution < -0.4 is 0 Å².